The number of carbonyl (C=O) groups is 1. The quantitative estimate of drug-likeness (QED) is 0.723. The summed E-state index contributed by atoms with van der Waals surface area (Å²) >= 11 is 0. The Morgan fingerprint density at radius 3 is 2.69 bits per heavy atom. The van der Waals surface area contributed by atoms with Crippen LogP contribution in [0.25, 0.3) is 22.6 Å². The second-order valence-corrected chi connectivity index (χ2v) is 6.39. The topological polar surface area (TPSA) is 104 Å². The predicted molar refractivity (Wildman–Crippen MR) is 95.7 cm³/mol. The zero-order valence-electron chi connectivity index (χ0n) is 14.2. The third-order valence-corrected chi connectivity index (χ3v) is 4.62. The van der Waals surface area contributed by atoms with Crippen LogP contribution >= 0.6 is 0 Å². The first-order valence-corrected chi connectivity index (χ1v) is 8.64. The molecule has 1 amide bonds. The molecule has 2 aromatic heterocycles. The van der Waals surface area contributed by atoms with Gasteiger partial charge in [0, 0.05) is 31.6 Å². The van der Waals surface area contributed by atoms with E-state index in [0.29, 0.717) is 42.9 Å². The molecule has 0 atom stereocenters. The fourth-order valence-electron chi connectivity index (χ4n) is 3.26. The van der Waals surface area contributed by atoms with Crippen molar-refractivity contribution in [2.75, 3.05) is 13.1 Å². The Hall–Kier alpha value is -3.16. The molecular formula is C18H19N5O3. The lowest BCUT2D eigenvalue weighted by atomic mass is 10.1. The number of phenols is 1. The van der Waals surface area contributed by atoms with Crippen molar-refractivity contribution < 1.29 is 9.90 Å². The van der Waals surface area contributed by atoms with Gasteiger partial charge in [-0.05, 0) is 37.1 Å². The van der Waals surface area contributed by atoms with Crippen LogP contribution < -0.4 is 5.69 Å². The average Bonchev–Trinajstić information content (AvgIpc) is 3.18. The highest BCUT2D eigenvalue weighted by Gasteiger charge is 2.19. The molecule has 8 nitrogen and oxygen atoms in total. The number of imidazole rings is 1. The minimum Gasteiger partial charge on any atom is -0.508 e. The molecule has 1 saturated heterocycles. The maximum atomic E-state index is 12.2. The van der Waals surface area contributed by atoms with Gasteiger partial charge in [0.2, 0.25) is 5.91 Å². The molecule has 4 rings (SSSR count). The van der Waals surface area contributed by atoms with E-state index < -0.39 is 0 Å². The Kier molecular flexibility index (Phi) is 4.16. The van der Waals surface area contributed by atoms with Crippen LogP contribution in [-0.2, 0) is 11.3 Å². The molecule has 0 aliphatic carbocycles. The lowest BCUT2D eigenvalue weighted by Crippen LogP contribution is -2.27. The summed E-state index contributed by atoms with van der Waals surface area (Å²) in [5, 5.41) is 9.41. The summed E-state index contributed by atoms with van der Waals surface area (Å²) < 4.78 is 1.56. The van der Waals surface area contributed by atoms with Gasteiger partial charge in [0.1, 0.15) is 5.75 Å². The summed E-state index contributed by atoms with van der Waals surface area (Å²) in [6.07, 6.45) is 3.81. The second kappa shape index (κ2) is 6.62. The number of aromatic nitrogens is 4. The summed E-state index contributed by atoms with van der Waals surface area (Å²) in [5.41, 5.74) is 2.11. The van der Waals surface area contributed by atoms with Crippen LogP contribution in [0.1, 0.15) is 19.3 Å². The lowest BCUT2D eigenvalue weighted by molar-refractivity contribution is -0.127. The second-order valence-electron chi connectivity index (χ2n) is 6.39. The van der Waals surface area contributed by atoms with Gasteiger partial charge in [-0.3, -0.25) is 14.3 Å². The van der Waals surface area contributed by atoms with E-state index in [2.05, 4.69) is 15.0 Å². The van der Waals surface area contributed by atoms with Gasteiger partial charge in [0.25, 0.3) is 0 Å². The number of aryl methyl sites for hydroxylation is 1. The Bertz CT molecular complexity index is 1010. The highest BCUT2D eigenvalue weighted by atomic mass is 16.3. The fraction of sp³-hybridized carbons (Fsp3) is 0.333. The Morgan fingerprint density at radius 1 is 1.15 bits per heavy atom. The van der Waals surface area contributed by atoms with Crippen molar-refractivity contribution in [3.8, 4) is 17.0 Å². The first-order valence-electron chi connectivity index (χ1n) is 8.64. The van der Waals surface area contributed by atoms with Crippen molar-refractivity contribution >= 4 is 17.2 Å². The van der Waals surface area contributed by atoms with Crippen molar-refractivity contribution in [3.63, 3.8) is 0 Å². The molecule has 0 unspecified atom stereocenters. The Morgan fingerprint density at radius 2 is 1.96 bits per heavy atom. The van der Waals surface area contributed by atoms with Gasteiger partial charge in [-0.15, -0.1) is 0 Å². The standard InChI is InChI=1S/C18H19N5O3/c24-13-6-4-12(5-7-13)14-11-19-16-17(20-14)23(18(26)21-16)10-2-9-22-8-1-3-15(22)25/h4-7,11,24H,1-3,8-10H2,(H,19,21,26). The number of hydrogen-bond donors (Lipinski definition) is 2. The molecule has 0 bridgehead atoms. The van der Waals surface area contributed by atoms with Gasteiger partial charge in [0.15, 0.2) is 11.3 Å². The van der Waals surface area contributed by atoms with Crippen LogP contribution in [0.2, 0.25) is 0 Å². The number of H-pyrrole nitrogens is 1. The number of amides is 1. The first kappa shape index (κ1) is 16.3. The van der Waals surface area contributed by atoms with Crippen molar-refractivity contribution in [2.24, 2.45) is 0 Å². The number of likely N-dealkylation sites (tertiary alicyclic amines) is 1. The highest BCUT2D eigenvalue weighted by molar-refractivity contribution is 5.78. The van der Waals surface area contributed by atoms with Crippen molar-refractivity contribution in [2.45, 2.75) is 25.8 Å². The normalized spacial score (nSPS) is 14.5. The minimum atomic E-state index is -0.254. The van der Waals surface area contributed by atoms with Gasteiger partial charge in [-0.2, -0.15) is 0 Å². The van der Waals surface area contributed by atoms with Crippen LogP contribution in [0, 0.1) is 0 Å². The number of rotatable bonds is 5. The van der Waals surface area contributed by atoms with E-state index in [9.17, 15) is 14.7 Å². The Labute approximate surface area is 149 Å². The molecule has 0 saturated carbocycles. The zero-order chi connectivity index (χ0) is 18.1. The smallest absolute Gasteiger partial charge is 0.328 e. The van der Waals surface area contributed by atoms with Gasteiger partial charge in [0.05, 0.1) is 11.9 Å². The molecule has 3 aromatic rings. The molecule has 3 heterocycles. The molecule has 1 aliphatic rings. The van der Waals surface area contributed by atoms with E-state index in [-0.39, 0.29) is 17.3 Å². The van der Waals surface area contributed by atoms with E-state index in [4.69, 9.17) is 0 Å². The fourth-order valence-corrected chi connectivity index (χ4v) is 3.26. The molecule has 26 heavy (non-hydrogen) atoms. The van der Waals surface area contributed by atoms with Gasteiger partial charge in [-0.1, -0.05) is 0 Å². The molecule has 1 aromatic carbocycles. The van der Waals surface area contributed by atoms with E-state index in [1.54, 1.807) is 35.0 Å². The number of benzene rings is 1. The molecule has 2 N–H and O–H groups in total. The summed E-state index contributed by atoms with van der Waals surface area (Å²) in [6, 6.07) is 6.66. The van der Waals surface area contributed by atoms with Crippen molar-refractivity contribution in [3.05, 3.63) is 40.9 Å². The van der Waals surface area contributed by atoms with Crippen LogP contribution in [0.5, 0.6) is 5.75 Å². The minimum absolute atomic E-state index is 0.179. The summed E-state index contributed by atoms with van der Waals surface area (Å²) in [5.74, 6) is 0.364. The number of aromatic amines is 1. The number of phenolic OH excluding ortho intramolecular Hbond substituents is 1. The number of nitrogens with zero attached hydrogens (tertiary/aromatic N) is 4. The molecule has 1 fully saturated rings. The largest absolute Gasteiger partial charge is 0.508 e. The van der Waals surface area contributed by atoms with E-state index in [1.165, 1.54) is 0 Å². The first-order chi connectivity index (χ1) is 12.6. The monoisotopic (exact) mass is 353 g/mol. The SMILES string of the molecule is O=C1CCCN1CCCn1c(=O)[nH]c2ncc(-c3ccc(O)cc3)nc21. The third-order valence-electron chi connectivity index (χ3n) is 4.62. The molecule has 134 valence electrons. The van der Waals surface area contributed by atoms with E-state index in [0.717, 1.165) is 18.5 Å². The van der Waals surface area contributed by atoms with Crippen LogP contribution in [-0.4, -0.2) is 48.5 Å². The third kappa shape index (κ3) is 3.05. The molecular weight excluding hydrogens is 334 g/mol. The van der Waals surface area contributed by atoms with Crippen LogP contribution in [0.3, 0.4) is 0 Å². The van der Waals surface area contributed by atoms with E-state index in [1.807, 2.05) is 4.90 Å². The molecule has 1 aliphatic heterocycles. The van der Waals surface area contributed by atoms with Crippen LogP contribution in [0.15, 0.2) is 35.3 Å². The molecule has 0 spiro atoms. The van der Waals surface area contributed by atoms with Gasteiger partial charge in [-0.25, -0.2) is 14.8 Å². The Balaban J connectivity index is 1.58. The maximum absolute atomic E-state index is 12.2. The number of nitrogens with one attached hydrogen (secondary N) is 1. The lowest BCUT2D eigenvalue weighted by Gasteiger charge is -2.15. The number of aromatic hydroxyl groups is 1. The van der Waals surface area contributed by atoms with Gasteiger partial charge < -0.3 is 10.0 Å². The zero-order valence-corrected chi connectivity index (χ0v) is 14.2. The number of fused-ring (bicyclic) bond motifs is 1. The maximum Gasteiger partial charge on any atom is 0.328 e. The predicted octanol–water partition coefficient (Wildman–Crippen LogP) is 1.50. The van der Waals surface area contributed by atoms with Gasteiger partial charge >= 0.3 is 5.69 Å². The summed E-state index contributed by atoms with van der Waals surface area (Å²) in [4.78, 5) is 37.3. The summed E-state index contributed by atoms with van der Waals surface area (Å²) in [6.45, 7) is 1.91. The van der Waals surface area contributed by atoms with Crippen molar-refractivity contribution in [1.29, 1.82) is 0 Å². The highest BCUT2D eigenvalue weighted by Crippen LogP contribution is 2.21. The van der Waals surface area contributed by atoms with Crippen LogP contribution in [0.4, 0.5) is 0 Å². The number of hydrogen-bond acceptors (Lipinski definition) is 5. The molecule has 8 heteroatoms. The van der Waals surface area contributed by atoms with E-state index >= 15 is 0 Å². The number of carbonyl (C=O) groups excluding carboxylic acids is 1. The molecule has 0 radical (unpaired) electrons. The van der Waals surface area contributed by atoms with Crippen molar-refractivity contribution in [1.82, 2.24) is 24.4 Å². The average molecular weight is 353 g/mol. The summed E-state index contributed by atoms with van der Waals surface area (Å²) in [7, 11) is 0.